The highest BCUT2D eigenvalue weighted by Crippen LogP contribution is 2.45. The Labute approximate surface area is 168 Å². The lowest BCUT2D eigenvalue weighted by Gasteiger charge is -2.35. The molecule has 0 bridgehead atoms. The van der Waals surface area contributed by atoms with Crippen molar-refractivity contribution in [1.29, 1.82) is 0 Å². The van der Waals surface area contributed by atoms with Crippen LogP contribution in [-0.2, 0) is 16.1 Å². The van der Waals surface area contributed by atoms with E-state index in [0.717, 1.165) is 64.2 Å². The van der Waals surface area contributed by atoms with E-state index in [1.165, 1.54) is 0 Å². The lowest BCUT2D eigenvalue weighted by molar-refractivity contribution is -0.141. The monoisotopic (exact) mass is 383 g/mol. The molecule has 0 saturated carbocycles. The van der Waals surface area contributed by atoms with Gasteiger partial charge < -0.3 is 14.5 Å². The maximum atomic E-state index is 13.3. The molecule has 5 nitrogen and oxygen atoms in total. The number of carbonyl (C=O) groups excluding carboxylic acids is 1. The molecule has 4 rings (SSSR count). The third kappa shape index (κ3) is 3.87. The summed E-state index contributed by atoms with van der Waals surface area (Å²) in [6.07, 6.45) is 10.2. The Balaban J connectivity index is 1.38. The van der Waals surface area contributed by atoms with Crippen LogP contribution in [0.15, 0.2) is 36.5 Å². The van der Waals surface area contributed by atoms with Crippen LogP contribution in [0.4, 0.5) is 0 Å². The predicted octanol–water partition coefficient (Wildman–Crippen LogP) is 3.12. The summed E-state index contributed by atoms with van der Waals surface area (Å²) in [5.74, 6) is 0.828. The summed E-state index contributed by atoms with van der Waals surface area (Å²) in [4.78, 5) is 22.2. The summed E-state index contributed by atoms with van der Waals surface area (Å²) in [6, 6.07) is 5.93. The molecule has 0 aromatic carbocycles. The zero-order valence-electron chi connectivity index (χ0n) is 17.3. The number of rotatable bonds is 5. The molecule has 0 N–H and O–H groups in total. The summed E-state index contributed by atoms with van der Waals surface area (Å²) in [5, 5.41) is 0. The van der Waals surface area contributed by atoms with Gasteiger partial charge >= 0.3 is 0 Å². The third-order valence-electron chi connectivity index (χ3n) is 7.06. The number of hydrogen-bond acceptors (Lipinski definition) is 4. The Morgan fingerprint density at radius 3 is 2.93 bits per heavy atom. The van der Waals surface area contributed by atoms with Crippen LogP contribution in [0.2, 0.25) is 0 Å². The van der Waals surface area contributed by atoms with Gasteiger partial charge in [-0.05, 0) is 44.9 Å². The topological polar surface area (TPSA) is 45.7 Å². The van der Waals surface area contributed by atoms with Gasteiger partial charge in [-0.2, -0.15) is 0 Å². The summed E-state index contributed by atoms with van der Waals surface area (Å²) >= 11 is 0. The van der Waals surface area contributed by atoms with E-state index in [-0.39, 0.29) is 10.8 Å². The van der Waals surface area contributed by atoms with Crippen molar-refractivity contribution in [3.05, 3.63) is 42.2 Å². The maximum absolute atomic E-state index is 13.3. The Kier molecular flexibility index (Phi) is 5.57. The second-order valence-electron chi connectivity index (χ2n) is 9.34. The van der Waals surface area contributed by atoms with Crippen molar-refractivity contribution < 1.29 is 9.53 Å². The molecule has 0 radical (unpaired) electrons. The molecule has 2 fully saturated rings. The minimum atomic E-state index is -0.213. The molecular weight excluding hydrogens is 350 g/mol. The number of likely N-dealkylation sites (tertiary alicyclic amines) is 2. The first-order valence-corrected chi connectivity index (χ1v) is 10.6. The largest absolute Gasteiger partial charge is 0.375 e. The highest BCUT2D eigenvalue weighted by Gasteiger charge is 2.52. The first kappa shape index (κ1) is 19.6. The normalized spacial score (nSPS) is 33.1. The van der Waals surface area contributed by atoms with Crippen molar-refractivity contribution in [2.45, 2.75) is 39.2 Å². The van der Waals surface area contributed by atoms with Gasteiger partial charge in [0.15, 0.2) is 0 Å². The SMILES string of the molecule is CN1C[C@@H](COCc2ccccn2)[C@]2(CCN(C(=O)C3(C)CC=CCC3)C2)C1. The van der Waals surface area contributed by atoms with Gasteiger partial charge in [-0.25, -0.2) is 0 Å². The molecule has 1 aromatic rings. The van der Waals surface area contributed by atoms with Crippen LogP contribution >= 0.6 is 0 Å². The molecule has 1 spiro atoms. The van der Waals surface area contributed by atoms with Crippen molar-refractivity contribution in [2.75, 3.05) is 39.8 Å². The molecular formula is C23H33N3O2. The first-order chi connectivity index (χ1) is 13.5. The van der Waals surface area contributed by atoms with Gasteiger partial charge in [0.2, 0.25) is 5.91 Å². The number of ether oxygens (including phenoxy) is 1. The third-order valence-corrected chi connectivity index (χ3v) is 7.06. The number of pyridine rings is 1. The van der Waals surface area contributed by atoms with E-state index < -0.39 is 0 Å². The number of allylic oxidation sites excluding steroid dienone is 2. The molecule has 28 heavy (non-hydrogen) atoms. The molecule has 1 unspecified atom stereocenters. The van der Waals surface area contributed by atoms with Gasteiger partial charge in [0.25, 0.3) is 0 Å². The van der Waals surface area contributed by atoms with Gasteiger partial charge in [-0.1, -0.05) is 25.1 Å². The fraction of sp³-hybridized carbons (Fsp3) is 0.652. The standard InChI is InChI=1S/C23H33N3O2/c1-22(9-5-3-6-10-22)21(27)26-13-11-23(18-26)17-25(2)14-19(23)15-28-16-20-8-4-7-12-24-20/h3-5,7-8,12,19H,6,9-11,13-18H2,1-2H3/t19-,22?,23+/m0/s1. The van der Waals surface area contributed by atoms with Crippen LogP contribution in [0.5, 0.6) is 0 Å². The molecule has 2 aliphatic heterocycles. The summed E-state index contributed by atoms with van der Waals surface area (Å²) in [5.41, 5.74) is 0.940. The molecule has 152 valence electrons. The minimum absolute atomic E-state index is 0.176. The van der Waals surface area contributed by atoms with E-state index in [1.54, 1.807) is 0 Å². The van der Waals surface area contributed by atoms with Gasteiger partial charge in [0, 0.05) is 43.7 Å². The lowest BCUT2D eigenvalue weighted by Crippen LogP contribution is -2.44. The van der Waals surface area contributed by atoms with E-state index >= 15 is 0 Å². The van der Waals surface area contributed by atoms with E-state index in [9.17, 15) is 4.79 Å². The van der Waals surface area contributed by atoms with Crippen molar-refractivity contribution in [3.8, 4) is 0 Å². The lowest BCUT2D eigenvalue weighted by atomic mass is 9.76. The highest BCUT2D eigenvalue weighted by molar-refractivity contribution is 5.83. The number of hydrogen-bond donors (Lipinski definition) is 0. The molecule has 3 atom stereocenters. The van der Waals surface area contributed by atoms with Gasteiger partial charge in [0.05, 0.1) is 24.3 Å². The molecule has 1 aliphatic carbocycles. The summed E-state index contributed by atoms with van der Waals surface area (Å²) < 4.78 is 6.07. The molecule has 3 heterocycles. The second kappa shape index (κ2) is 7.96. The van der Waals surface area contributed by atoms with Gasteiger partial charge in [-0.3, -0.25) is 9.78 Å². The Hall–Kier alpha value is -1.72. The predicted molar refractivity (Wildman–Crippen MR) is 110 cm³/mol. The number of nitrogens with zero attached hydrogens (tertiary/aromatic N) is 3. The van der Waals surface area contributed by atoms with Gasteiger partial charge in [0.1, 0.15) is 0 Å². The van der Waals surface area contributed by atoms with E-state index in [4.69, 9.17) is 4.74 Å². The van der Waals surface area contributed by atoms with Crippen molar-refractivity contribution >= 4 is 5.91 Å². The fourth-order valence-corrected chi connectivity index (χ4v) is 5.39. The maximum Gasteiger partial charge on any atom is 0.228 e. The Morgan fingerprint density at radius 2 is 2.18 bits per heavy atom. The van der Waals surface area contributed by atoms with Crippen LogP contribution in [-0.4, -0.2) is 60.5 Å². The van der Waals surface area contributed by atoms with E-state index in [1.807, 2.05) is 24.4 Å². The van der Waals surface area contributed by atoms with Crippen LogP contribution in [0.25, 0.3) is 0 Å². The quantitative estimate of drug-likeness (QED) is 0.733. The molecule has 1 amide bonds. The smallest absolute Gasteiger partial charge is 0.228 e. The Morgan fingerprint density at radius 1 is 1.29 bits per heavy atom. The van der Waals surface area contributed by atoms with Crippen LogP contribution in [0.1, 0.15) is 38.3 Å². The van der Waals surface area contributed by atoms with Crippen LogP contribution in [0.3, 0.4) is 0 Å². The average Bonchev–Trinajstić information content (AvgIpc) is 3.26. The zero-order chi connectivity index (χ0) is 19.6. The number of amides is 1. The summed E-state index contributed by atoms with van der Waals surface area (Å²) in [6.45, 7) is 7.33. The van der Waals surface area contributed by atoms with Gasteiger partial charge in [-0.15, -0.1) is 0 Å². The Bertz CT molecular complexity index is 722. The average molecular weight is 384 g/mol. The number of aromatic nitrogens is 1. The second-order valence-corrected chi connectivity index (χ2v) is 9.34. The van der Waals surface area contributed by atoms with Crippen LogP contribution in [0, 0.1) is 16.7 Å². The van der Waals surface area contributed by atoms with Crippen molar-refractivity contribution in [3.63, 3.8) is 0 Å². The molecule has 3 aliphatic rings. The number of carbonyl (C=O) groups is 1. The molecule has 2 saturated heterocycles. The molecule has 5 heteroatoms. The first-order valence-electron chi connectivity index (χ1n) is 10.6. The van der Waals surface area contributed by atoms with Crippen molar-refractivity contribution in [1.82, 2.24) is 14.8 Å². The highest BCUT2D eigenvalue weighted by atomic mass is 16.5. The van der Waals surface area contributed by atoms with E-state index in [2.05, 4.69) is 40.9 Å². The van der Waals surface area contributed by atoms with E-state index in [0.29, 0.717) is 18.4 Å². The zero-order valence-corrected chi connectivity index (χ0v) is 17.3. The molecule has 1 aromatic heterocycles. The van der Waals surface area contributed by atoms with Crippen LogP contribution < -0.4 is 0 Å². The minimum Gasteiger partial charge on any atom is -0.375 e. The fourth-order valence-electron chi connectivity index (χ4n) is 5.39. The van der Waals surface area contributed by atoms with Crippen molar-refractivity contribution in [2.24, 2.45) is 16.7 Å². The summed E-state index contributed by atoms with van der Waals surface area (Å²) in [7, 11) is 2.19.